The summed E-state index contributed by atoms with van der Waals surface area (Å²) in [5, 5.41) is 17.8. The van der Waals surface area contributed by atoms with Crippen LogP contribution in [0.5, 0.6) is 0 Å². The SMILES string of the molecule is CC1CN(Cc2ccn(-c3ncccc3C(=O)NC(Cc3ccccc3)C(O)C(N)=O)n2)CC(C)O1. The van der Waals surface area contributed by atoms with Gasteiger partial charge in [-0.2, -0.15) is 5.10 Å². The van der Waals surface area contributed by atoms with Crippen LogP contribution in [0.1, 0.15) is 35.5 Å². The van der Waals surface area contributed by atoms with Crippen molar-refractivity contribution in [3.05, 3.63) is 77.7 Å². The topological polar surface area (TPSA) is 136 Å². The van der Waals surface area contributed by atoms with Crippen molar-refractivity contribution in [2.75, 3.05) is 13.1 Å². The molecule has 36 heavy (non-hydrogen) atoms. The zero-order valence-corrected chi connectivity index (χ0v) is 20.4. The van der Waals surface area contributed by atoms with Gasteiger partial charge < -0.3 is 20.9 Å². The summed E-state index contributed by atoms with van der Waals surface area (Å²) in [7, 11) is 0. The number of amides is 2. The Morgan fingerprint density at radius 2 is 1.86 bits per heavy atom. The van der Waals surface area contributed by atoms with Gasteiger partial charge in [-0.3, -0.25) is 14.5 Å². The Balaban J connectivity index is 1.52. The molecule has 4 rings (SSSR count). The van der Waals surface area contributed by atoms with E-state index in [0.717, 1.165) is 24.3 Å². The molecule has 4 unspecified atom stereocenters. The third-order valence-electron chi connectivity index (χ3n) is 6.06. The van der Waals surface area contributed by atoms with E-state index in [9.17, 15) is 14.7 Å². The summed E-state index contributed by atoms with van der Waals surface area (Å²) in [4.78, 5) is 31.7. The number of aliphatic hydroxyl groups excluding tert-OH is 1. The van der Waals surface area contributed by atoms with Crippen molar-refractivity contribution < 1.29 is 19.4 Å². The molecule has 1 aromatic carbocycles. The minimum atomic E-state index is -1.55. The van der Waals surface area contributed by atoms with Gasteiger partial charge in [-0.15, -0.1) is 0 Å². The van der Waals surface area contributed by atoms with E-state index in [0.29, 0.717) is 12.4 Å². The predicted molar refractivity (Wildman–Crippen MR) is 133 cm³/mol. The fourth-order valence-electron chi connectivity index (χ4n) is 4.52. The third-order valence-corrected chi connectivity index (χ3v) is 6.06. The number of carbonyl (C=O) groups excluding carboxylic acids is 2. The summed E-state index contributed by atoms with van der Waals surface area (Å²) in [6, 6.07) is 13.5. The van der Waals surface area contributed by atoms with Crippen molar-refractivity contribution in [2.24, 2.45) is 5.73 Å². The molecule has 0 radical (unpaired) electrons. The molecule has 4 N–H and O–H groups in total. The number of aromatic nitrogens is 3. The van der Waals surface area contributed by atoms with Crippen LogP contribution in [0.3, 0.4) is 0 Å². The molecule has 0 spiro atoms. The number of rotatable bonds is 9. The van der Waals surface area contributed by atoms with Crippen LogP contribution in [-0.4, -0.2) is 74.0 Å². The van der Waals surface area contributed by atoms with Crippen LogP contribution in [0.2, 0.25) is 0 Å². The second kappa shape index (κ2) is 11.4. The first-order chi connectivity index (χ1) is 17.3. The summed E-state index contributed by atoms with van der Waals surface area (Å²) < 4.78 is 7.37. The smallest absolute Gasteiger partial charge is 0.255 e. The number of benzene rings is 1. The van der Waals surface area contributed by atoms with E-state index in [1.54, 1.807) is 29.2 Å². The zero-order valence-electron chi connectivity index (χ0n) is 20.4. The Kier molecular flexibility index (Phi) is 8.09. The van der Waals surface area contributed by atoms with Crippen molar-refractivity contribution in [3.63, 3.8) is 0 Å². The predicted octanol–water partition coefficient (Wildman–Crippen LogP) is 1.06. The van der Waals surface area contributed by atoms with Gasteiger partial charge in [-0.1, -0.05) is 30.3 Å². The summed E-state index contributed by atoms with van der Waals surface area (Å²) in [6.07, 6.45) is 2.33. The van der Waals surface area contributed by atoms with Gasteiger partial charge in [0.15, 0.2) is 11.9 Å². The molecule has 2 aromatic heterocycles. The Hall–Kier alpha value is -3.60. The van der Waals surface area contributed by atoms with Crippen LogP contribution < -0.4 is 11.1 Å². The molecule has 4 atom stereocenters. The number of nitrogens with zero attached hydrogens (tertiary/aromatic N) is 4. The molecule has 1 aliphatic rings. The van der Waals surface area contributed by atoms with Gasteiger partial charge >= 0.3 is 0 Å². The zero-order chi connectivity index (χ0) is 25.7. The number of nitrogens with two attached hydrogens (primary N) is 1. The van der Waals surface area contributed by atoms with Crippen LogP contribution in [0.25, 0.3) is 5.82 Å². The number of nitrogens with one attached hydrogen (secondary N) is 1. The van der Waals surface area contributed by atoms with Gasteiger partial charge in [0.1, 0.15) is 0 Å². The summed E-state index contributed by atoms with van der Waals surface area (Å²) in [6.45, 7) is 6.41. The van der Waals surface area contributed by atoms with Crippen LogP contribution in [-0.2, 0) is 22.5 Å². The number of hydrogen-bond donors (Lipinski definition) is 3. The van der Waals surface area contributed by atoms with Crippen molar-refractivity contribution >= 4 is 11.8 Å². The molecule has 3 aromatic rings. The van der Waals surface area contributed by atoms with Gasteiger partial charge in [0.05, 0.1) is 29.5 Å². The lowest BCUT2D eigenvalue weighted by Crippen LogP contribution is -2.50. The molecule has 10 nitrogen and oxygen atoms in total. The summed E-state index contributed by atoms with van der Waals surface area (Å²) in [5.41, 5.74) is 7.30. The Bertz CT molecular complexity index is 1170. The molecule has 1 fully saturated rings. The van der Waals surface area contributed by atoms with Crippen LogP contribution >= 0.6 is 0 Å². The number of morpholine rings is 1. The van der Waals surface area contributed by atoms with Gasteiger partial charge in [-0.25, -0.2) is 9.67 Å². The highest BCUT2D eigenvalue weighted by atomic mass is 16.5. The van der Waals surface area contributed by atoms with Crippen LogP contribution in [0, 0.1) is 0 Å². The lowest BCUT2D eigenvalue weighted by Gasteiger charge is -2.34. The summed E-state index contributed by atoms with van der Waals surface area (Å²) in [5.74, 6) is -1.06. The van der Waals surface area contributed by atoms with Crippen molar-refractivity contribution in [2.45, 2.75) is 51.2 Å². The quantitative estimate of drug-likeness (QED) is 0.406. The number of primary amides is 1. The van der Waals surface area contributed by atoms with E-state index in [4.69, 9.17) is 10.5 Å². The molecular weight excluding hydrogens is 460 g/mol. The van der Waals surface area contributed by atoms with E-state index in [-0.39, 0.29) is 24.2 Å². The maximum atomic E-state index is 13.3. The molecule has 10 heteroatoms. The van der Waals surface area contributed by atoms with Crippen LogP contribution in [0.15, 0.2) is 60.9 Å². The molecule has 1 aliphatic heterocycles. The largest absolute Gasteiger partial charge is 0.381 e. The minimum Gasteiger partial charge on any atom is -0.381 e. The third kappa shape index (κ3) is 6.34. The normalized spacial score (nSPS) is 20.0. The molecule has 0 bridgehead atoms. The van der Waals surface area contributed by atoms with E-state index >= 15 is 0 Å². The maximum absolute atomic E-state index is 13.3. The molecule has 190 valence electrons. The first kappa shape index (κ1) is 25.5. The van der Waals surface area contributed by atoms with E-state index in [1.165, 1.54) is 0 Å². The molecule has 3 heterocycles. The van der Waals surface area contributed by atoms with E-state index < -0.39 is 24.0 Å². The average molecular weight is 493 g/mol. The van der Waals surface area contributed by atoms with Gasteiger partial charge in [0.25, 0.3) is 5.91 Å². The second-order valence-electron chi connectivity index (χ2n) is 9.19. The van der Waals surface area contributed by atoms with E-state index in [2.05, 4.69) is 34.1 Å². The molecular formula is C26H32N6O4. The number of ether oxygens (including phenoxy) is 1. The van der Waals surface area contributed by atoms with Gasteiger partial charge in [0.2, 0.25) is 5.91 Å². The average Bonchev–Trinajstić information content (AvgIpc) is 3.31. The number of pyridine rings is 1. The molecule has 0 aliphatic carbocycles. The van der Waals surface area contributed by atoms with Crippen molar-refractivity contribution in [1.29, 1.82) is 0 Å². The molecule has 0 saturated carbocycles. The van der Waals surface area contributed by atoms with Crippen molar-refractivity contribution in [1.82, 2.24) is 25.0 Å². The fourth-order valence-corrected chi connectivity index (χ4v) is 4.52. The standard InChI is InChI=1S/C26H32N6O4/c1-17-14-31(15-18(2)36-17)16-20-10-12-32(30-20)25-21(9-6-11-28-25)26(35)29-22(23(33)24(27)34)13-19-7-4-3-5-8-19/h3-12,17-18,22-23,33H,13-16H2,1-2H3,(H2,27,34)(H,29,35). The van der Waals surface area contributed by atoms with E-state index in [1.807, 2.05) is 36.4 Å². The highest BCUT2D eigenvalue weighted by Crippen LogP contribution is 2.16. The van der Waals surface area contributed by atoms with Gasteiger partial charge in [0, 0.05) is 32.0 Å². The first-order valence-electron chi connectivity index (χ1n) is 12.0. The fraction of sp³-hybridized carbons (Fsp3) is 0.385. The highest BCUT2D eigenvalue weighted by Gasteiger charge is 2.28. The molecule has 1 saturated heterocycles. The lowest BCUT2D eigenvalue weighted by atomic mass is 10.0. The monoisotopic (exact) mass is 492 g/mol. The minimum absolute atomic E-state index is 0.154. The highest BCUT2D eigenvalue weighted by molar-refractivity contribution is 5.97. The van der Waals surface area contributed by atoms with Crippen molar-refractivity contribution in [3.8, 4) is 5.82 Å². The number of carbonyl (C=O) groups is 2. The maximum Gasteiger partial charge on any atom is 0.255 e. The summed E-state index contributed by atoms with van der Waals surface area (Å²) >= 11 is 0. The Morgan fingerprint density at radius 3 is 2.56 bits per heavy atom. The number of aliphatic hydroxyl groups is 1. The lowest BCUT2D eigenvalue weighted by molar-refractivity contribution is -0.127. The first-order valence-corrected chi connectivity index (χ1v) is 12.0. The van der Waals surface area contributed by atoms with Crippen LogP contribution in [0.4, 0.5) is 0 Å². The second-order valence-corrected chi connectivity index (χ2v) is 9.19. The number of hydrogen-bond acceptors (Lipinski definition) is 7. The van der Waals surface area contributed by atoms with Gasteiger partial charge in [-0.05, 0) is 44.0 Å². The Morgan fingerprint density at radius 1 is 1.14 bits per heavy atom. The molecule has 2 amide bonds. The Labute approximate surface area is 210 Å².